The highest BCUT2D eigenvalue weighted by Crippen LogP contribution is 2.60. The summed E-state index contributed by atoms with van der Waals surface area (Å²) in [5.74, 6) is -0.814. The van der Waals surface area contributed by atoms with Crippen LogP contribution in [-0.4, -0.2) is 55.8 Å². The Balaban J connectivity index is 1.25. The number of ether oxygens (including phenoxy) is 5. The molecule has 5 fully saturated rings. The summed E-state index contributed by atoms with van der Waals surface area (Å²) in [7, 11) is 1.26. The van der Waals surface area contributed by atoms with Crippen molar-refractivity contribution in [3.8, 4) is 0 Å². The molecule has 1 spiro atoms. The van der Waals surface area contributed by atoms with Gasteiger partial charge in [-0.25, -0.2) is 19.4 Å². The van der Waals surface area contributed by atoms with Crippen molar-refractivity contribution in [3.63, 3.8) is 0 Å². The van der Waals surface area contributed by atoms with Crippen molar-refractivity contribution in [3.05, 3.63) is 35.9 Å². The van der Waals surface area contributed by atoms with E-state index in [9.17, 15) is 9.59 Å². The van der Waals surface area contributed by atoms with Gasteiger partial charge in [-0.05, 0) is 43.6 Å². The van der Waals surface area contributed by atoms with Crippen LogP contribution in [0.5, 0.6) is 0 Å². The highest BCUT2D eigenvalue weighted by Gasteiger charge is 2.69. The Kier molecular flexibility index (Phi) is 7.48. The zero-order chi connectivity index (χ0) is 26.2. The first-order chi connectivity index (χ1) is 17.8. The molecule has 1 aromatic carbocycles. The third kappa shape index (κ3) is 4.97. The fourth-order valence-electron chi connectivity index (χ4n) is 6.47. The number of esters is 1. The molecule has 4 aliphatic heterocycles. The van der Waals surface area contributed by atoms with Crippen molar-refractivity contribution in [2.45, 2.75) is 83.1 Å². The van der Waals surface area contributed by atoms with Crippen LogP contribution in [0, 0.1) is 23.7 Å². The maximum Gasteiger partial charge on any atom is 0.408 e. The van der Waals surface area contributed by atoms with Gasteiger partial charge in [0.1, 0.15) is 6.61 Å². The van der Waals surface area contributed by atoms with Gasteiger partial charge < -0.3 is 29.0 Å². The molecule has 37 heavy (non-hydrogen) atoms. The molecule has 1 saturated carbocycles. The number of amides is 1. The van der Waals surface area contributed by atoms with E-state index < -0.39 is 42.1 Å². The molecule has 1 aromatic rings. The molecule has 5 aliphatic rings. The van der Waals surface area contributed by atoms with Gasteiger partial charge in [0.2, 0.25) is 5.79 Å². The van der Waals surface area contributed by atoms with E-state index in [2.05, 4.69) is 19.2 Å². The lowest BCUT2D eigenvalue weighted by Gasteiger charge is -2.60. The minimum atomic E-state index is -1.07. The number of benzene rings is 1. The molecule has 1 amide bonds. The molecule has 0 unspecified atom stereocenters. The third-order valence-electron chi connectivity index (χ3n) is 8.51. The fourth-order valence-corrected chi connectivity index (χ4v) is 6.47. The van der Waals surface area contributed by atoms with Gasteiger partial charge in [-0.1, -0.05) is 44.2 Å². The van der Waals surface area contributed by atoms with Gasteiger partial charge in [-0.3, -0.25) is 0 Å². The van der Waals surface area contributed by atoms with E-state index >= 15 is 0 Å². The maximum atomic E-state index is 12.4. The number of alkyl carbamates (subject to hydrolysis) is 1. The van der Waals surface area contributed by atoms with E-state index in [-0.39, 0.29) is 31.0 Å². The summed E-state index contributed by atoms with van der Waals surface area (Å²) >= 11 is 0. The van der Waals surface area contributed by atoms with Crippen molar-refractivity contribution in [1.29, 1.82) is 0 Å². The summed E-state index contributed by atoms with van der Waals surface area (Å²) in [4.78, 5) is 36.8. The molecule has 0 aromatic heterocycles. The van der Waals surface area contributed by atoms with Crippen molar-refractivity contribution in [2.24, 2.45) is 23.7 Å². The first kappa shape index (κ1) is 26.4. The molecule has 6 rings (SSSR count). The largest absolute Gasteiger partial charge is 0.467 e. The Morgan fingerprint density at radius 3 is 2.65 bits per heavy atom. The smallest absolute Gasteiger partial charge is 0.408 e. The van der Waals surface area contributed by atoms with Gasteiger partial charge in [0.25, 0.3) is 0 Å². The van der Waals surface area contributed by atoms with Gasteiger partial charge in [-0.15, -0.1) is 0 Å². The van der Waals surface area contributed by atoms with Crippen molar-refractivity contribution < 1.29 is 43.0 Å². The Hall–Kier alpha value is -2.24. The van der Waals surface area contributed by atoms with Gasteiger partial charge in [0, 0.05) is 18.3 Å². The molecular weight excluding hydrogens is 482 g/mol. The van der Waals surface area contributed by atoms with Crippen LogP contribution in [0.1, 0.15) is 52.0 Å². The average Bonchev–Trinajstić information content (AvgIpc) is 3.13. The summed E-state index contributed by atoms with van der Waals surface area (Å²) in [6.07, 6.45) is 1.57. The lowest BCUT2D eigenvalue weighted by Crippen LogP contribution is -2.70. The second-order valence-corrected chi connectivity index (χ2v) is 10.9. The molecular formula is C27H37NO9. The summed E-state index contributed by atoms with van der Waals surface area (Å²) in [5, 5.41) is 2.55. The summed E-state index contributed by atoms with van der Waals surface area (Å²) in [5.41, 5.74) is 0.133. The monoisotopic (exact) mass is 519 g/mol. The average molecular weight is 520 g/mol. The number of hydrogen-bond donors (Lipinski definition) is 1. The Morgan fingerprint density at radius 2 is 1.89 bits per heavy atom. The molecule has 10 nitrogen and oxygen atoms in total. The molecule has 4 heterocycles. The molecule has 4 saturated heterocycles. The maximum absolute atomic E-state index is 12.4. The third-order valence-corrected chi connectivity index (χ3v) is 8.51. The standard InChI is InChI=1S/C27H37NO9/c1-16-10-11-20-17(2)23(34-24-27(20)19(16)12-13-26(3,35-24)36-37-27)32-15-21(22(29)31-4)28-25(30)33-14-18-8-6-5-7-9-18/h5-9,16-17,19-21,23-24H,10-15H2,1-4H3,(H,28,30)/t16-,17-,19+,20+,21+,23+,24-,26-,27-/m1/s1. The SMILES string of the molecule is COC(=O)[C@H](CO[C@H]1O[C@@H]2O[C@@]3(C)CC[C@H]4[C@H](C)CC[C@@H]([C@H]1C)[C@@]24OO3)NC(=O)OCc1ccccc1. The summed E-state index contributed by atoms with van der Waals surface area (Å²) in [6.45, 7) is 6.11. The predicted octanol–water partition coefficient (Wildman–Crippen LogP) is 3.68. The molecule has 9 atom stereocenters. The Morgan fingerprint density at radius 1 is 1.11 bits per heavy atom. The molecule has 0 radical (unpaired) electrons. The number of methoxy groups -OCH3 is 1. The minimum Gasteiger partial charge on any atom is -0.467 e. The minimum absolute atomic E-state index is 0.0655. The van der Waals surface area contributed by atoms with E-state index in [0.717, 1.165) is 31.2 Å². The summed E-state index contributed by atoms with van der Waals surface area (Å²) < 4.78 is 29.0. The van der Waals surface area contributed by atoms with E-state index in [1.54, 1.807) is 0 Å². The van der Waals surface area contributed by atoms with Crippen LogP contribution >= 0.6 is 0 Å². The van der Waals surface area contributed by atoms with Crippen LogP contribution in [0.4, 0.5) is 4.79 Å². The van der Waals surface area contributed by atoms with Crippen LogP contribution in [0.2, 0.25) is 0 Å². The zero-order valence-electron chi connectivity index (χ0n) is 21.8. The number of hydrogen-bond acceptors (Lipinski definition) is 9. The Bertz CT molecular complexity index is 976. The summed E-state index contributed by atoms with van der Waals surface area (Å²) in [6, 6.07) is 8.21. The van der Waals surface area contributed by atoms with Crippen LogP contribution in [-0.2, 0) is 44.9 Å². The van der Waals surface area contributed by atoms with Crippen molar-refractivity contribution in [1.82, 2.24) is 5.32 Å². The quantitative estimate of drug-likeness (QED) is 0.426. The number of nitrogens with one attached hydrogen (secondary N) is 1. The fraction of sp³-hybridized carbons (Fsp3) is 0.704. The van der Waals surface area contributed by atoms with Crippen molar-refractivity contribution in [2.75, 3.05) is 13.7 Å². The van der Waals surface area contributed by atoms with Gasteiger partial charge in [0.15, 0.2) is 24.2 Å². The number of carbonyl (C=O) groups excluding carboxylic acids is 2. The first-order valence-corrected chi connectivity index (χ1v) is 13.1. The number of fused-ring (bicyclic) bond motifs is 2. The molecule has 1 N–H and O–H groups in total. The van der Waals surface area contributed by atoms with Crippen molar-refractivity contribution >= 4 is 12.1 Å². The zero-order valence-corrected chi connectivity index (χ0v) is 21.8. The molecule has 10 heteroatoms. The molecule has 204 valence electrons. The van der Waals surface area contributed by atoms with Gasteiger partial charge >= 0.3 is 12.1 Å². The second kappa shape index (κ2) is 10.5. The number of carbonyl (C=O) groups is 2. The topological polar surface area (TPSA) is 111 Å². The predicted molar refractivity (Wildman–Crippen MR) is 128 cm³/mol. The van der Waals surface area contributed by atoms with Gasteiger partial charge in [-0.2, -0.15) is 0 Å². The lowest BCUT2D eigenvalue weighted by atomic mass is 9.58. The number of rotatable bonds is 7. The van der Waals surface area contributed by atoms with E-state index in [0.29, 0.717) is 5.92 Å². The normalized spacial score (nSPS) is 39.1. The van der Waals surface area contributed by atoms with Crippen LogP contribution in [0.25, 0.3) is 0 Å². The first-order valence-electron chi connectivity index (χ1n) is 13.1. The lowest BCUT2D eigenvalue weighted by molar-refractivity contribution is -0.577. The van der Waals surface area contributed by atoms with Gasteiger partial charge in [0.05, 0.1) is 13.7 Å². The van der Waals surface area contributed by atoms with E-state index in [1.807, 2.05) is 37.3 Å². The Labute approximate surface area is 217 Å². The molecule has 2 bridgehead atoms. The highest BCUT2D eigenvalue weighted by molar-refractivity contribution is 5.81. The van der Waals surface area contributed by atoms with Crippen LogP contribution < -0.4 is 5.32 Å². The molecule has 1 aliphatic carbocycles. The van der Waals surface area contributed by atoms with Crippen LogP contribution in [0.15, 0.2) is 30.3 Å². The second-order valence-electron chi connectivity index (χ2n) is 10.9. The van der Waals surface area contributed by atoms with E-state index in [4.69, 9.17) is 33.5 Å². The van der Waals surface area contributed by atoms with Crippen LogP contribution in [0.3, 0.4) is 0 Å². The highest BCUT2D eigenvalue weighted by atomic mass is 17.3. The van der Waals surface area contributed by atoms with E-state index in [1.165, 1.54) is 7.11 Å².